The molecular weight excluding hydrogens is 871 g/mol. The number of amides is 1. The van der Waals surface area contributed by atoms with Crippen LogP contribution in [0.25, 0.3) is 10.8 Å². The molecule has 2 N–H and O–H groups in total. The lowest BCUT2D eigenvalue weighted by Gasteiger charge is -2.59. The van der Waals surface area contributed by atoms with Gasteiger partial charge in [-0.15, -0.1) is 6.58 Å². The molecule has 0 saturated heterocycles. The largest absolute Gasteiger partial charge is 0.459 e. The van der Waals surface area contributed by atoms with Gasteiger partial charge in [0.15, 0.2) is 11.5 Å². The predicted octanol–water partition coefficient (Wildman–Crippen LogP) is 10.2. The van der Waals surface area contributed by atoms with E-state index in [1.54, 1.807) is 17.0 Å². The van der Waals surface area contributed by atoms with E-state index in [0.29, 0.717) is 52.9 Å². The highest BCUT2D eigenvalue weighted by Crippen LogP contribution is 2.62. The van der Waals surface area contributed by atoms with Crippen LogP contribution in [0.3, 0.4) is 0 Å². The molecule has 1 amide bonds. The van der Waals surface area contributed by atoms with Crippen LogP contribution in [-0.2, 0) is 16.1 Å². The van der Waals surface area contributed by atoms with Gasteiger partial charge in [0.25, 0.3) is 5.69 Å². The Morgan fingerprint density at radius 2 is 1.60 bits per heavy atom. The maximum absolute atomic E-state index is 15.1. The summed E-state index contributed by atoms with van der Waals surface area (Å²) in [5, 5.41) is 38.4. The quantitative estimate of drug-likeness (QED) is 0.0347. The van der Waals surface area contributed by atoms with Gasteiger partial charge in [0.2, 0.25) is 12.6 Å². The van der Waals surface area contributed by atoms with Crippen molar-refractivity contribution in [1.82, 2.24) is 4.90 Å². The maximum atomic E-state index is 15.1. The van der Waals surface area contributed by atoms with Gasteiger partial charge in [0, 0.05) is 49.8 Å². The summed E-state index contributed by atoms with van der Waals surface area (Å²) in [7, 11) is 1.49. The minimum atomic E-state index is -1.60. The topological polar surface area (TPSA) is 181 Å². The number of aliphatic hydroxyl groups excluding tert-OH is 2. The van der Waals surface area contributed by atoms with Gasteiger partial charge in [-0.2, -0.15) is 0 Å². The number of nitro benzene ring substituents is 1. The zero-order chi connectivity index (χ0) is 47.2. The molecule has 0 radical (unpaired) electrons. The molecule has 4 aliphatic rings. The summed E-state index contributed by atoms with van der Waals surface area (Å²) in [5.41, 5.74) is 2.89. The Labute approximate surface area is 394 Å². The lowest BCUT2D eigenvalue weighted by molar-refractivity contribution is -0.384. The van der Waals surface area contributed by atoms with Crippen molar-refractivity contribution in [3.8, 4) is 34.5 Å². The number of benzene rings is 5. The molecule has 6 unspecified atom stereocenters. The summed E-state index contributed by atoms with van der Waals surface area (Å²) >= 11 is 0. The Bertz CT molecular complexity index is 2710. The number of fused-ring (bicyclic) bond motifs is 4. The zero-order valence-corrected chi connectivity index (χ0v) is 37.9. The van der Waals surface area contributed by atoms with Crippen molar-refractivity contribution in [3.63, 3.8) is 0 Å². The summed E-state index contributed by atoms with van der Waals surface area (Å²) in [6.45, 7) is 4.25. The number of nitro groups is 1. The van der Waals surface area contributed by atoms with Crippen molar-refractivity contribution in [3.05, 3.63) is 149 Å². The van der Waals surface area contributed by atoms with Gasteiger partial charge in [0.1, 0.15) is 36.1 Å². The second kappa shape index (κ2) is 20.5. The highest BCUT2D eigenvalue weighted by atomic mass is 16.7. The Morgan fingerprint density at radius 3 is 2.37 bits per heavy atom. The SMILES string of the molecule is C=CCOC12Oc3ccc(Oc4ccc5ccccc5c4)cc3C3C(CCCCO)C(CCCCO)C=C(C(=NOC)CC1N(Cc1ccc4c(c1)OCO4)C(=O)Oc1ccc([N+](=O)[O-])cc1)C32. The summed E-state index contributed by atoms with van der Waals surface area (Å²) in [6, 6.07) is 29.8. The molecule has 15 heteroatoms. The number of hydrogen-bond donors (Lipinski definition) is 2. The van der Waals surface area contributed by atoms with Crippen molar-refractivity contribution >= 4 is 28.3 Å². The van der Waals surface area contributed by atoms with Crippen LogP contribution in [0.5, 0.6) is 34.5 Å². The van der Waals surface area contributed by atoms with Gasteiger partial charge in [-0.3, -0.25) is 15.0 Å². The lowest BCUT2D eigenvalue weighted by Crippen LogP contribution is -2.70. The average Bonchev–Trinajstić information content (AvgIpc) is 3.82. The smallest absolute Gasteiger partial charge is 0.416 e. The number of nitrogens with zero attached hydrogens (tertiary/aromatic N) is 3. The van der Waals surface area contributed by atoms with E-state index in [2.05, 4.69) is 23.9 Å². The van der Waals surface area contributed by atoms with Crippen LogP contribution in [0.15, 0.2) is 133 Å². The number of carbonyl (C=O) groups is 1. The molecule has 0 spiro atoms. The first-order valence-corrected chi connectivity index (χ1v) is 23.1. The van der Waals surface area contributed by atoms with Crippen LogP contribution in [0, 0.1) is 27.9 Å². The number of non-ortho nitro benzene ring substituents is 1. The molecule has 0 bridgehead atoms. The molecule has 1 fully saturated rings. The van der Waals surface area contributed by atoms with E-state index in [4.69, 9.17) is 33.3 Å². The van der Waals surface area contributed by atoms with Crippen molar-refractivity contribution in [2.24, 2.45) is 22.9 Å². The number of aliphatic hydroxyl groups is 2. The molecule has 2 aliphatic carbocycles. The van der Waals surface area contributed by atoms with E-state index in [9.17, 15) is 20.3 Å². The summed E-state index contributed by atoms with van der Waals surface area (Å²) < 4.78 is 38.6. The third kappa shape index (κ3) is 9.33. The van der Waals surface area contributed by atoms with E-state index in [-0.39, 0.29) is 68.8 Å². The van der Waals surface area contributed by atoms with E-state index >= 15 is 4.79 Å². The normalized spacial score (nSPS) is 22.6. The first kappa shape index (κ1) is 46.2. The van der Waals surface area contributed by atoms with Crippen LogP contribution in [0.4, 0.5) is 10.5 Å². The summed E-state index contributed by atoms with van der Waals surface area (Å²) in [6.07, 6.45) is 7.55. The van der Waals surface area contributed by atoms with E-state index in [0.717, 1.165) is 47.6 Å². The Morgan fingerprint density at radius 1 is 0.882 bits per heavy atom. The summed E-state index contributed by atoms with van der Waals surface area (Å²) in [5.74, 6) is 0.496. The number of ether oxygens (including phenoxy) is 6. The fourth-order valence-corrected chi connectivity index (χ4v) is 10.5. The lowest BCUT2D eigenvalue weighted by atomic mass is 9.55. The fraction of sp³-hybridized carbons (Fsp3) is 0.358. The average molecular weight is 926 g/mol. The molecule has 6 atom stereocenters. The zero-order valence-electron chi connectivity index (χ0n) is 37.9. The second-order valence-electron chi connectivity index (χ2n) is 17.5. The van der Waals surface area contributed by atoms with Crippen LogP contribution >= 0.6 is 0 Å². The molecule has 15 nitrogen and oxygen atoms in total. The van der Waals surface area contributed by atoms with Gasteiger partial charge >= 0.3 is 6.09 Å². The fourth-order valence-electron chi connectivity index (χ4n) is 10.5. The number of unbranched alkanes of at least 4 members (excludes halogenated alkanes) is 2. The molecule has 0 aromatic heterocycles. The molecule has 354 valence electrons. The van der Waals surface area contributed by atoms with Gasteiger partial charge in [-0.05, 0) is 114 Å². The number of oxime groups is 1. The van der Waals surface area contributed by atoms with Gasteiger partial charge in [0.05, 0.1) is 23.2 Å². The highest BCUT2D eigenvalue weighted by molar-refractivity contribution is 6.03. The molecular formula is C53H55N3O12. The van der Waals surface area contributed by atoms with Crippen LogP contribution in [0.1, 0.15) is 62.0 Å². The third-order valence-corrected chi connectivity index (χ3v) is 13.5. The third-order valence-electron chi connectivity index (χ3n) is 13.5. The first-order chi connectivity index (χ1) is 33.2. The number of allylic oxidation sites excluding steroid dienone is 1. The standard InChI is InChI=1S/C53H55N3O12/c1-3-26-65-53-49(55(32-34-14-22-47-48(27-34)64-33-63-47)52(59)67-39-19-16-38(17-20-39)56(60)61)31-45(54-62-2)43-29-37(12-6-8-24-57)42(13-7-9-25-58)50(51(43)53)44-30-41(21-23-46(44)68-53)66-40-18-15-35-10-4-5-11-36(35)28-40/h3-5,10-11,14-23,27-30,37,42,49-51,57-58H,1,6-9,12-13,24-26,31-33H2,2H3. The van der Waals surface area contributed by atoms with Crippen LogP contribution in [0.2, 0.25) is 0 Å². The molecule has 1 saturated carbocycles. The first-order valence-electron chi connectivity index (χ1n) is 23.1. The van der Waals surface area contributed by atoms with Crippen molar-refractivity contribution < 1.29 is 53.2 Å². The number of hydrogen-bond acceptors (Lipinski definition) is 13. The van der Waals surface area contributed by atoms with Crippen LogP contribution in [-0.4, -0.2) is 77.4 Å². The van der Waals surface area contributed by atoms with Crippen molar-refractivity contribution in [1.29, 1.82) is 0 Å². The van der Waals surface area contributed by atoms with Crippen molar-refractivity contribution in [2.75, 3.05) is 33.7 Å². The van der Waals surface area contributed by atoms with Gasteiger partial charge in [-0.25, -0.2) is 4.79 Å². The molecule has 68 heavy (non-hydrogen) atoms. The van der Waals surface area contributed by atoms with Crippen LogP contribution < -0.4 is 23.7 Å². The monoisotopic (exact) mass is 925 g/mol. The second-order valence-corrected chi connectivity index (χ2v) is 17.5. The van der Waals surface area contributed by atoms with E-state index < -0.39 is 28.8 Å². The van der Waals surface area contributed by atoms with Gasteiger partial charge in [-0.1, -0.05) is 66.5 Å². The van der Waals surface area contributed by atoms with E-state index in [1.807, 2.05) is 66.7 Å². The highest BCUT2D eigenvalue weighted by Gasteiger charge is 2.66. The molecule has 5 aromatic carbocycles. The van der Waals surface area contributed by atoms with Crippen molar-refractivity contribution in [2.45, 2.75) is 69.2 Å². The minimum Gasteiger partial charge on any atom is -0.459 e. The number of rotatable bonds is 19. The summed E-state index contributed by atoms with van der Waals surface area (Å²) in [4.78, 5) is 33.3. The van der Waals surface area contributed by atoms with E-state index in [1.165, 1.54) is 31.4 Å². The minimum absolute atomic E-state index is 0.0124. The number of carbonyl (C=O) groups excluding carboxylic acids is 1. The predicted molar refractivity (Wildman–Crippen MR) is 253 cm³/mol. The maximum Gasteiger partial charge on any atom is 0.416 e. The molecule has 5 aromatic rings. The molecule has 2 aliphatic heterocycles. The molecule has 2 heterocycles. The molecule has 9 rings (SSSR count). The Balaban J connectivity index is 1.22. The Kier molecular flexibility index (Phi) is 13.9. The Hall–Kier alpha value is -6.94. The van der Waals surface area contributed by atoms with Gasteiger partial charge < -0.3 is 43.5 Å².